The monoisotopic (exact) mass is 265 g/mol. The molecule has 0 aliphatic heterocycles. The number of aliphatic hydroxyl groups is 1. The van der Waals surface area contributed by atoms with Crippen LogP contribution in [0.3, 0.4) is 0 Å². The maximum Gasteiger partial charge on any atom is 0.253 e. The van der Waals surface area contributed by atoms with E-state index in [0.717, 1.165) is 16.9 Å². The number of aryl methyl sites for hydroxylation is 1. The third-order valence-electron chi connectivity index (χ3n) is 2.83. The summed E-state index contributed by atoms with van der Waals surface area (Å²) in [5, 5.41) is 9.69. The molecule has 19 heavy (non-hydrogen) atoms. The maximum absolute atomic E-state index is 11.9. The Balaban J connectivity index is 2.78. The number of nitrogens with zero attached hydrogens (tertiary/aromatic N) is 1. The zero-order valence-corrected chi connectivity index (χ0v) is 12.4. The van der Waals surface area contributed by atoms with E-state index in [4.69, 9.17) is 4.74 Å². The zero-order chi connectivity index (χ0) is 14.6. The Morgan fingerprint density at radius 3 is 2.53 bits per heavy atom. The van der Waals surface area contributed by atoms with Crippen molar-refractivity contribution >= 4 is 5.91 Å². The van der Waals surface area contributed by atoms with Crippen LogP contribution in [0.25, 0.3) is 0 Å². The number of carbonyl (C=O) groups is 1. The quantitative estimate of drug-likeness (QED) is 0.887. The highest BCUT2D eigenvalue weighted by Gasteiger charge is 2.27. The minimum Gasteiger partial charge on any atom is -0.494 e. The fourth-order valence-corrected chi connectivity index (χ4v) is 1.94. The van der Waals surface area contributed by atoms with Crippen molar-refractivity contribution in [1.29, 1.82) is 0 Å². The predicted octanol–water partition coefficient (Wildman–Crippen LogP) is 2.12. The summed E-state index contributed by atoms with van der Waals surface area (Å²) in [4.78, 5) is 13.4. The van der Waals surface area contributed by atoms with Gasteiger partial charge in [0.1, 0.15) is 11.4 Å². The lowest BCUT2D eigenvalue weighted by atomic mass is 10.1. The van der Waals surface area contributed by atoms with Crippen molar-refractivity contribution in [3.8, 4) is 5.75 Å². The number of likely N-dealkylation sites (N-methyl/N-ethyl adjacent to an activating group) is 1. The van der Waals surface area contributed by atoms with Gasteiger partial charge in [-0.2, -0.15) is 0 Å². The zero-order valence-electron chi connectivity index (χ0n) is 12.4. The molecule has 0 aliphatic carbocycles. The number of ether oxygens (including phenoxy) is 1. The van der Waals surface area contributed by atoms with Gasteiger partial charge in [-0.25, -0.2) is 0 Å². The Bertz CT molecular complexity index is 449. The molecule has 4 nitrogen and oxygen atoms in total. The van der Waals surface area contributed by atoms with Crippen molar-refractivity contribution in [3.05, 3.63) is 29.3 Å². The van der Waals surface area contributed by atoms with E-state index in [9.17, 15) is 9.90 Å². The first-order valence-corrected chi connectivity index (χ1v) is 6.46. The first kappa shape index (κ1) is 15.5. The molecule has 1 N–H and O–H groups in total. The highest BCUT2D eigenvalue weighted by Crippen LogP contribution is 2.20. The van der Waals surface area contributed by atoms with E-state index in [0.29, 0.717) is 13.2 Å². The van der Waals surface area contributed by atoms with Gasteiger partial charge in [0.2, 0.25) is 0 Å². The molecule has 1 aromatic carbocycles. The number of rotatable bonds is 5. The van der Waals surface area contributed by atoms with Crippen LogP contribution in [-0.2, 0) is 11.3 Å². The van der Waals surface area contributed by atoms with Gasteiger partial charge in [0.25, 0.3) is 5.91 Å². The SMILES string of the molecule is CCOc1ccc(CN(C)C(=O)C(C)(C)O)cc1C. The van der Waals surface area contributed by atoms with E-state index < -0.39 is 5.60 Å². The average Bonchev–Trinajstić information content (AvgIpc) is 2.30. The minimum atomic E-state index is -1.34. The highest BCUT2D eigenvalue weighted by molar-refractivity contribution is 5.83. The molecule has 0 saturated heterocycles. The van der Waals surface area contributed by atoms with Gasteiger partial charge >= 0.3 is 0 Å². The van der Waals surface area contributed by atoms with E-state index in [1.54, 1.807) is 7.05 Å². The molecule has 1 amide bonds. The lowest BCUT2D eigenvalue weighted by molar-refractivity contribution is -0.146. The molecule has 0 saturated carbocycles. The number of benzene rings is 1. The summed E-state index contributed by atoms with van der Waals surface area (Å²) in [6.45, 7) is 8.02. The summed E-state index contributed by atoms with van der Waals surface area (Å²) >= 11 is 0. The van der Waals surface area contributed by atoms with Crippen molar-refractivity contribution in [2.24, 2.45) is 0 Å². The summed E-state index contributed by atoms with van der Waals surface area (Å²) in [6.07, 6.45) is 0. The van der Waals surface area contributed by atoms with Crippen LogP contribution < -0.4 is 4.74 Å². The summed E-state index contributed by atoms with van der Waals surface area (Å²) in [5.74, 6) is 0.571. The molecule has 0 spiro atoms. The van der Waals surface area contributed by atoms with Crippen molar-refractivity contribution in [2.75, 3.05) is 13.7 Å². The van der Waals surface area contributed by atoms with E-state index in [2.05, 4.69) is 0 Å². The van der Waals surface area contributed by atoms with Crippen LogP contribution in [0.2, 0.25) is 0 Å². The second kappa shape index (κ2) is 6.06. The third-order valence-corrected chi connectivity index (χ3v) is 2.83. The van der Waals surface area contributed by atoms with Crippen LogP contribution in [0.4, 0.5) is 0 Å². The molecule has 0 aliphatic rings. The molecule has 0 atom stereocenters. The number of hydrogen-bond acceptors (Lipinski definition) is 3. The Hall–Kier alpha value is -1.55. The smallest absolute Gasteiger partial charge is 0.253 e. The Morgan fingerprint density at radius 2 is 2.05 bits per heavy atom. The van der Waals surface area contributed by atoms with Crippen LogP contribution in [-0.4, -0.2) is 35.2 Å². The fourth-order valence-electron chi connectivity index (χ4n) is 1.94. The van der Waals surface area contributed by atoms with Gasteiger partial charge in [-0.15, -0.1) is 0 Å². The van der Waals surface area contributed by atoms with Crippen LogP contribution >= 0.6 is 0 Å². The molecule has 0 heterocycles. The topological polar surface area (TPSA) is 49.8 Å². The predicted molar refractivity (Wildman–Crippen MR) is 75.1 cm³/mol. The molecule has 0 aromatic heterocycles. The first-order valence-electron chi connectivity index (χ1n) is 6.46. The number of amides is 1. The third kappa shape index (κ3) is 4.24. The Labute approximate surface area is 115 Å². The second-order valence-electron chi connectivity index (χ2n) is 5.25. The van der Waals surface area contributed by atoms with Crippen molar-refractivity contribution < 1.29 is 14.6 Å². The van der Waals surface area contributed by atoms with Crippen molar-refractivity contribution in [1.82, 2.24) is 4.90 Å². The van der Waals surface area contributed by atoms with Gasteiger partial charge in [0.15, 0.2) is 0 Å². The van der Waals surface area contributed by atoms with Gasteiger partial charge in [0.05, 0.1) is 6.61 Å². The molecule has 0 fully saturated rings. The molecule has 0 bridgehead atoms. The summed E-state index contributed by atoms with van der Waals surface area (Å²) < 4.78 is 5.48. The van der Waals surface area contributed by atoms with Crippen LogP contribution in [0.5, 0.6) is 5.75 Å². The van der Waals surface area contributed by atoms with Crippen molar-refractivity contribution in [2.45, 2.75) is 39.8 Å². The van der Waals surface area contributed by atoms with Gasteiger partial charge in [-0.05, 0) is 44.9 Å². The standard InChI is InChI=1S/C15H23NO3/c1-6-19-13-8-7-12(9-11(13)2)10-16(5)14(17)15(3,4)18/h7-9,18H,6,10H2,1-5H3. The van der Waals surface area contributed by atoms with Crippen molar-refractivity contribution in [3.63, 3.8) is 0 Å². The Kier molecular flexibility index (Phi) is 4.95. The molecule has 4 heteroatoms. The lowest BCUT2D eigenvalue weighted by Gasteiger charge is -2.25. The van der Waals surface area contributed by atoms with Crippen LogP contribution in [0.1, 0.15) is 31.9 Å². The molecule has 0 radical (unpaired) electrons. The summed E-state index contributed by atoms with van der Waals surface area (Å²) in [5.41, 5.74) is 0.721. The molecule has 106 valence electrons. The fraction of sp³-hybridized carbons (Fsp3) is 0.533. The minimum absolute atomic E-state index is 0.293. The average molecular weight is 265 g/mol. The maximum atomic E-state index is 11.9. The van der Waals surface area contributed by atoms with Gasteiger partial charge in [0, 0.05) is 13.6 Å². The molecular weight excluding hydrogens is 242 g/mol. The van der Waals surface area contributed by atoms with E-state index in [-0.39, 0.29) is 5.91 Å². The largest absolute Gasteiger partial charge is 0.494 e. The molecule has 1 rings (SSSR count). The van der Waals surface area contributed by atoms with Gasteiger partial charge in [-0.3, -0.25) is 4.79 Å². The molecule has 1 aromatic rings. The Morgan fingerprint density at radius 1 is 1.42 bits per heavy atom. The summed E-state index contributed by atoms with van der Waals surface area (Å²) in [7, 11) is 1.69. The van der Waals surface area contributed by atoms with Crippen LogP contribution in [0, 0.1) is 6.92 Å². The summed E-state index contributed by atoms with van der Waals surface area (Å²) in [6, 6.07) is 5.85. The van der Waals surface area contributed by atoms with Gasteiger partial charge < -0.3 is 14.7 Å². The lowest BCUT2D eigenvalue weighted by Crippen LogP contribution is -2.42. The van der Waals surface area contributed by atoms with E-state index >= 15 is 0 Å². The number of hydrogen-bond donors (Lipinski definition) is 1. The molecule has 0 unspecified atom stereocenters. The highest BCUT2D eigenvalue weighted by atomic mass is 16.5. The second-order valence-corrected chi connectivity index (χ2v) is 5.25. The van der Waals surface area contributed by atoms with Crippen LogP contribution in [0.15, 0.2) is 18.2 Å². The first-order chi connectivity index (χ1) is 8.75. The van der Waals surface area contributed by atoms with Gasteiger partial charge in [-0.1, -0.05) is 12.1 Å². The molecular formula is C15H23NO3. The number of carbonyl (C=O) groups excluding carboxylic acids is 1. The van der Waals surface area contributed by atoms with E-state index in [1.807, 2.05) is 32.0 Å². The van der Waals surface area contributed by atoms with E-state index in [1.165, 1.54) is 18.7 Å². The normalized spacial score (nSPS) is 11.3.